The van der Waals surface area contributed by atoms with Crippen LogP contribution in [0, 0.1) is 11.7 Å². The van der Waals surface area contributed by atoms with Crippen molar-refractivity contribution in [3.63, 3.8) is 0 Å². The van der Waals surface area contributed by atoms with E-state index in [1.165, 1.54) is 12.1 Å². The third-order valence-electron chi connectivity index (χ3n) is 2.76. The first-order valence-electron chi connectivity index (χ1n) is 6.96. The van der Waals surface area contributed by atoms with E-state index >= 15 is 0 Å². The van der Waals surface area contributed by atoms with Crippen LogP contribution in [0.2, 0.25) is 0 Å². The molecule has 1 aromatic rings. The number of halogens is 2. The Morgan fingerprint density at radius 3 is 2.45 bits per heavy atom. The number of amides is 2. The first-order chi connectivity index (χ1) is 9.93. The molecule has 0 spiro atoms. The molecule has 0 fully saturated rings. The van der Waals surface area contributed by atoms with Gasteiger partial charge in [-0.1, -0.05) is 13.8 Å². The zero-order chi connectivity index (χ0) is 15.8. The molecule has 1 rings (SSSR count). The number of hydrogen-bond donors (Lipinski definition) is 3. The lowest BCUT2D eigenvalue weighted by atomic mass is 10.1. The van der Waals surface area contributed by atoms with E-state index in [-0.39, 0.29) is 41.4 Å². The molecule has 0 radical (unpaired) electrons. The predicted octanol–water partition coefficient (Wildman–Crippen LogP) is 2.18. The molecule has 0 aliphatic rings. The van der Waals surface area contributed by atoms with Crippen LogP contribution in [-0.4, -0.2) is 32.0 Å². The van der Waals surface area contributed by atoms with Gasteiger partial charge in [-0.05, 0) is 31.2 Å². The molecule has 2 amide bonds. The van der Waals surface area contributed by atoms with Crippen molar-refractivity contribution in [3.8, 4) is 0 Å². The molecule has 0 aliphatic carbocycles. The summed E-state index contributed by atoms with van der Waals surface area (Å²) in [6.07, 6.45) is 0.325. The first-order valence-corrected chi connectivity index (χ1v) is 6.96. The highest BCUT2D eigenvalue weighted by Gasteiger charge is 2.12. The van der Waals surface area contributed by atoms with Crippen LogP contribution in [0.15, 0.2) is 18.2 Å². The Morgan fingerprint density at radius 2 is 1.91 bits per heavy atom. The summed E-state index contributed by atoms with van der Waals surface area (Å²) in [5.74, 6) is -1.00. The summed E-state index contributed by atoms with van der Waals surface area (Å²) < 4.78 is 13.9. The Morgan fingerprint density at radius 1 is 1.23 bits per heavy atom. The van der Waals surface area contributed by atoms with Crippen LogP contribution >= 0.6 is 12.4 Å². The first kappa shape index (κ1) is 20.3. The van der Waals surface area contributed by atoms with Crippen molar-refractivity contribution in [1.82, 2.24) is 10.6 Å². The summed E-state index contributed by atoms with van der Waals surface area (Å²) in [4.78, 5) is 23.4. The van der Waals surface area contributed by atoms with Gasteiger partial charge >= 0.3 is 0 Å². The summed E-state index contributed by atoms with van der Waals surface area (Å²) in [5, 5.41) is 8.06. The zero-order valence-electron chi connectivity index (χ0n) is 13.0. The van der Waals surface area contributed by atoms with Crippen molar-refractivity contribution in [2.75, 3.05) is 25.5 Å². The summed E-state index contributed by atoms with van der Waals surface area (Å²) in [6, 6.07) is 4.02. The van der Waals surface area contributed by atoms with Gasteiger partial charge in [-0.3, -0.25) is 9.59 Å². The maximum Gasteiger partial charge on any atom is 0.251 e. The van der Waals surface area contributed by atoms with Gasteiger partial charge in [-0.25, -0.2) is 4.39 Å². The topological polar surface area (TPSA) is 70.2 Å². The third-order valence-corrected chi connectivity index (χ3v) is 2.76. The highest BCUT2D eigenvalue weighted by molar-refractivity contribution is 5.96. The van der Waals surface area contributed by atoms with Crippen molar-refractivity contribution < 1.29 is 14.0 Å². The van der Waals surface area contributed by atoms with E-state index in [9.17, 15) is 14.0 Å². The second kappa shape index (κ2) is 10.1. The normalized spacial score (nSPS) is 10.0. The van der Waals surface area contributed by atoms with Gasteiger partial charge in [0.05, 0.1) is 5.69 Å². The number of hydrogen-bond acceptors (Lipinski definition) is 3. The van der Waals surface area contributed by atoms with E-state index in [4.69, 9.17) is 0 Å². The average Bonchev–Trinajstić information content (AvgIpc) is 2.40. The van der Waals surface area contributed by atoms with E-state index in [1.54, 1.807) is 7.05 Å². The van der Waals surface area contributed by atoms with Crippen LogP contribution < -0.4 is 16.0 Å². The van der Waals surface area contributed by atoms with Gasteiger partial charge in [0.1, 0.15) is 5.82 Å². The number of likely N-dealkylation sites (N-methyl/N-ethyl adjacent to an activating group) is 1. The van der Waals surface area contributed by atoms with Crippen LogP contribution in [-0.2, 0) is 4.79 Å². The van der Waals surface area contributed by atoms with Crippen molar-refractivity contribution in [2.24, 2.45) is 5.92 Å². The molecule has 1 aromatic carbocycles. The number of anilines is 1. The molecule has 0 aromatic heterocycles. The molecule has 22 heavy (non-hydrogen) atoms. The van der Waals surface area contributed by atoms with E-state index < -0.39 is 5.82 Å². The summed E-state index contributed by atoms with van der Waals surface area (Å²) >= 11 is 0. The van der Waals surface area contributed by atoms with Crippen molar-refractivity contribution in [1.29, 1.82) is 0 Å². The van der Waals surface area contributed by atoms with Gasteiger partial charge in [0.15, 0.2) is 0 Å². The minimum Gasteiger partial charge on any atom is -0.351 e. The fourth-order valence-electron chi connectivity index (χ4n) is 1.73. The molecule has 0 atom stereocenters. The maximum atomic E-state index is 13.9. The average molecular weight is 332 g/mol. The quantitative estimate of drug-likeness (QED) is 0.671. The van der Waals surface area contributed by atoms with E-state index in [0.29, 0.717) is 19.5 Å². The van der Waals surface area contributed by atoms with Gasteiger partial charge in [-0.2, -0.15) is 0 Å². The Hall–Kier alpha value is -1.66. The minimum absolute atomic E-state index is 0. The lowest BCUT2D eigenvalue weighted by Gasteiger charge is -2.10. The van der Waals surface area contributed by atoms with Gasteiger partial charge in [0, 0.05) is 25.1 Å². The lowest BCUT2D eigenvalue weighted by molar-refractivity contribution is -0.116. The Kier molecular flexibility index (Phi) is 9.37. The molecule has 0 bridgehead atoms. The number of rotatable bonds is 7. The standard InChI is InChI=1S/C15H22FN3O2.ClH/c1-10(2)8-14(20)19-13-5-4-11(9-12(13)16)15(21)18-7-6-17-3;/h4-5,9-10,17H,6-8H2,1-3H3,(H,18,21)(H,19,20);1H. The molecule has 3 N–H and O–H groups in total. The van der Waals surface area contributed by atoms with Crippen molar-refractivity contribution >= 4 is 29.9 Å². The van der Waals surface area contributed by atoms with Gasteiger partial charge in [-0.15, -0.1) is 12.4 Å². The molecule has 5 nitrogen and oxygen atoms in total. The maximum absolute atomic E-state index is 13.9. The van der Waals surface area contributed by atoms with Gasteiger partial charge in [0.25, 0.3) is 5.91 Å². The van der Waals surface area contributed by atoms with Crippen LogP contribution in [0.4, 0.5) is 10.1 Å². The largest absolute Gasteiger partial charge is 0.351 e. The molecule has 0 heterocycles. The van der Waals surface area contributed by atoms with Crippen LogP contribution in [0.1, 0.15) is 30.6 Å². The Labute approximate surface area is 136 Å². The second-order valence-corrected chi connectivity index (χ2v) is 5.20. The van der Waals surface area contributed by atoms with Gasteiger partial charge < -0.3 is 16.0 Å². The van der Waals surface area contributed by atoms with Crippen molar-refractivity contribution in [2.45, 2.75) is 20.3 Å². The Bertz CT molecular complexity index is 510. The summed E-state index contributed by atoms with van der Waals surface area (Å²) in [5.41, 5.74) is 0.317. The predicted molar refractivity (Wildman–Crippen MR) is 88.0 cm³/mol. The molecule has 0 saturated heterocycles. The third kappa shape index (κ3) is 6.87. The molecule has 0 aliphatic heterocycles. The van der Waals surface area contributed by atoms with Crippen LogP contribution in [0.3, 0.4) is 0 Å². The fourth-order valence-corrected chi connectivity index (χ4v) is 1.73. The Balaban J connectivity index is 0.00000441. The fraction of sp³-hybridized carbons (Fsp3) is 0.467. The van der Waals surface area contributed by atoms with Crippen molar-refractivity contribution in [3.05, 3.63) is 29.6 Å². The second-order valence-electron chi connectivity index (χ2n) is 5.20. The monoisotopic (exact) mass is 331 g/mol. The highest BCUT2D eigenvalue weighted by Crippen LogP contribution is 2.16. The minimum atomic E-state index is -0.617. The number of benzene rings is 1. The molecular weight excluding hydrogens is 309 g/mol. The highest BCUT2D eigenvalue weighted by atomic mass is 35.5. The molecule has 124 valence electrons. The lowest BCUT2D eigenvalue weighted by Crippen LogP contribution is -2.30. The molecule has 0 saturated carbocycles. The summed E-state index contributed by atoms with van der Waals surface area (Å²) in [7, 11) is 1.78. The molecule has 0 unspecified atom stereocenters. The van der Waals surface area contributed by atoms with E-state index in [0.717, 1.165) is 6.07 Å². The smallest absolute Gasteiger partial charge is 0.251 e. The number of carbonyl (C=O) groups is 2. The number of carbonyl (C=O) groups excluding carboxylic acids is 2. The SMILES string of the molecule is CNCCNC(=O)c1ccc(NC(=O)CC(C)C)c(F)c1.Cl. The van der Waals surface area contributed by atoms with E-state index in [2.05, 4.69) is 16.0 Å². The zero-order valence-corrected chi connectivity index (χ0v) is 13.8. The van der Waals surface area contributed by atoms with Crippen LogP contribution in [0.25, 0.3) is 0 Å². The van der Waals surface area contributed by atoms with E-state index in [1.807, 2.05) is 13.8 Å². The van der Waals surface area contributed by atoms with Gasteiger partial charge in [0.2, 0.25) is 5.91 Å². The number of nitrogens with one attached hydrogen (secondary N) is 3. The molecule has 7 heteroatoms. The van der Waals surface area contributed by atoms with Crippen LogP contribution in [0.5, 0.6) is 0 Å². The summed E-state index contributed by atoms with van der Waals surface area (Å²) in [6.45, 7) is 4.92. The molecular formula is C15H23ClFN3O2.